The largest absolute Gasteiger partial charge is 0.348 e. The summed E-state index contributed by atoms with van der Waals surface area (Å²) in [6.07, 6.45) is 1.80. The molecule has 3 aromatic rings. The molecule has 7 nitrogen and oxygen atoms in total. The van der Waals surface area contributed by atoms with E-state index in [4.69, 9.17) is 0 Å². The van der Waals surface area contributed by atoms with Crippen molar-refractivity contribution in [3.8, 4) is 5.69 Å². The van der Waals surface area contributed by atoms with Crippen molar-refractivity contribution in [1.29, 1.82) is 0 Å². The fraction of sp³-hybridized carbons (Fsp3) is 0.364. The van der Waals surface area contributed by atoms with E-state index in [0.717, 1.165) is 22.5 Å². The number of aromatic nitrogens is 4. The number of amides is 1. The van der Waals surface area contributed by atoms with Crippen molar-refractivity contribution in [2.75, 3.05) is 0 Å². The first-order valence-electron chi connectivity index (χ1n) is 9.65. The molecule has 1 unspecified atom stereocenters. The van der Waals surface area contributed by atoms with Gasteiger partial charge in [0.1, 0.15) is 6.54 Å². The average molecular weight is 393 g/mol. The monoisotopic (exact) mass is 393 g/mol. The zero-order valence-corrected chi connectivity index (χ0v) is 17.8. The summed E-state index contributed by atoms with van der Waals surface area (Å²) in [7, 11) is 0. The molecule has 29 heavy (non-hydrogen) atoms. The number of aryl methyl sites for hydroxylation is 2. The maximum atomic E-state index is 12.6. The number of Topliss-reactive ketones (excluding diaryl/α,β-unsaturated/α-hetero) is 1. The Labute approximate surface area is 170 Å². The normalized spacial score (nSPS) is 12.1. The van der Waals surface area contributed by atoms with Crippen LogP contribution in [0.3, 0.4) is 0 Å². The van der Waals surface area contributed by atoms with Crippen LogP contribution in [-0.4, -0.2) is 31.3 Å². The van der Waals surface area contributed by atoms with Gasteiger partial charge in [0, 0.05) is 17.0 Å². The van der Waals surface area contributed by atoms with E-state index < -0.39 is 0 Å². The van der Waals surface area contributed by atoms with Gasteiger partial charge in [0.15, 0.2) is 5.78 Å². The van der Waals surface area contributed by atoms with E-state index in [-0.39, 0.29) is 24.3 Å². The van der Waals surface area contributed by atoms with Crippen molar-refractivity contribution < 1.29 is 9.59 Å². The summed E-state index contributed by atoms with van der Waals surface area (Å²) in [5.74, 6) is -0.208. The molecule has 0 aliphatic rings. The number of carbonyl (C=O) groups is 2. The standard InChI is InChI=1S/C22H27N5O2/c1-13-9-7-8-10-20(13)27-16(4)19(11-23-27)14(2)24-21(29)12-26-17(5)22(18(6)28)15(3)25-26/h7-11,14H,12H2,1-6H3,(H,24,29). The Balaban J connectivity index is 1.75. The lowest BCUT2D eigenvalue weighted by Crippen LogP contribution is -2.31. The Hall–Kier alpha value is -3.22. The molecule has 0 bridgehead atoms. The minimum atomic E-state index is -0.204. The quantitative estimate of drug-likeness (QED) is 0.651. The second kappa shape index (κ2) is 8.03. The van der Waals surface area contributed by atoms with Gasteiger partial charge >= 0.3 is 0 Å². The summed E-state index contributed by atoms with van der Waals surface area (Å²) in [6.45, 7) is 11.1. The molecular weight excluding hydrogens is 366 g/mol. The molecule has 0 aliphatic heterocycles. The van der Waals surface area contributed by atoms with E-state index in [1.807, 2.05) is 56.6 Å². The highest BCUT2D eigenvalue weighted by atomic mass is 16.2. The number of nitrogens with zero attached hydrogens (tertiary/aromatic N) is 4. The van der Waals surface area contributed by atoms with Crippen LogP contribution < -0.4 is 5.32 Å². The van der Waals surface area contributed by atoms with Gasteiger partial charge in [-0.25, -0.2) is 4.68 Å². The van der Waals surface area contributed by atoms with Crippen LogP contribution in [0.1, 0.15) is 58.5 Å². The minimum absolute atomic E-state index is 0.0423. The molecule has 0 saturated carbocycles. The van der Waals surface area contributed by atoms with Crippen LogP contribution >= 0.6 is 0 Å². The van der Waals surface area contributed by atoms with Crippen LogP contribution in [0.5, 0.6) is 0 Å². The molecule has 1 amide bonds. The third-order valence-electron chi connectivity index (χ3n) is 5.26. The highest BCUT2D eigenvalue weighted by Gasteiger charge is 2.20. The Morgan fingerprint density at radius 1 is 1.10 bits per heavy atom. The second-order valence-electron chi connectivity index (χ2n) is 7.43. The number of hydrogen-bond donors (Lipinski definition) is 1. The van der Waals surface area contributed by atoms with Gasteiger partial charge in [-0.15, -0.1) is 0 Å². The smallest absolute Gasteiger partial charge is 0.242 e. The van der Waals surface area contributed by atoms with Crippen LogP contribution in [-0.2, 0) is 11.3 Å². The topological polar surface area (TPSA) is 81.8 Å². The fourth-order valence-electron chi connectivity index (χ4n) is 3.75. The molecule has 0 aliphatic carbocycles. The molecule has 0 radical (unpaired) electrons. The molecule has 7 heteroatoms. The Bertz CT molecular complexity index is 1080. The van der Waals surface area contributed by atoms with Gasteiger partial charge in [-0.1, -0.05) is 18.2 Å². The lowest BCUT2D eigenvalue weighted by Gasteiger charge is -2.15. The average Bonchev–Trinajstić information content (AvgIpc) is 3.15. The summed E-state index contributed by atoms with van der Waals surface area (Å²) in [5, 5.41) is 11.9. The van der Waals surface area contributed by atoms with Gasteiger partial charge < -0.3 is 5.32 Å². The van der Waals surface area contributed by atoms with Crippen LogP contribution in [0.25, 0.3) is 5.69 Å². The zero-order valence-electron chi connectivity index (χ0n) is 17.8. The molecule has 2 aromatic heterocycles. The van der Waals surface area contributed by atoms with Crippen molar-refractivity contribution in [3.63, 3.8) is 0 Å². The van der Waals surface area contributed by atoms with E-state index in [1.165, 1.54) is 6.92 Å². The molecule has 0 saturated heterocycles. The maximum absolute atomic E-state index is 12.6. The molecule has 1 N–H and O–H groups in total. The highest BCUT2D eigenvalue weighted by Crippen LogP contribution is 2.22. The lowest BCUT2D eigenvalue weighted by molar-refractivity contribution is -0.122. The van der Waals surface area contributed by atoms with Crippen LogP contribution in [0.4, 0.5) is 0 Å². The molecule has 1 aromatic carbocycles. The number of benzene rings is 1. The first-order chi connectivity index (χ1) is 13.7. The van der Waals surface area contributed by atoms with E-state index in [2.05, 4.69) is 15.5 Å². The van der Waals surface area contributed by atoms with Crippen molar-refractivity contribution in [3.05, 3.63) is 64.2 Å². The Morgan fingerprint density at radius 2 is 1.79 bits per heavy atom. The summed E-state index contributed by atoms with van der Waals surface area (Å²) >= 11 is 0. The van der Waals surface area contributed by atoms with Crippen LogP contribution in [0, 0.1) is 27.7 Å². The van der Waals surface area contributed by atoms with Crippen LogP contribution in [0.15, 0.2) is 30.5 Å². The number of rotatable bonds is 6. The number of ketones is 1. The van der Waals surface area contributed by atoms with Crippen molar-refractivity contribution >= 4 is 11.7 Å². The van der Waals surface area contributed by atoms with E-state index in [1.54, 1.807) is 17.8 Å². The number of nitrogens with one attached hydrogen (secondary N) is 1. The summed E-state index contributed by atoms with van der Waals surface area (Å²) in [6, 6.07) is 7.85. The van der Waals surface area contributed by atoms with Gasteiger partial charge in [-0.3, -0.25) is 14.3 Å². The van der Waals surface area contributed by atoms with E-state index in [0.29, 0.717) is 17.0 Å². The maximum Gasteiger partial charge on any atom is 0.242 e. The minimum Gasteiger partial charge on any atom is -0.348 e. The molecule has 0 spiro atoms. The Morgan fingerprint density at radius 3 is 2.41 bits per heavy atom. The zero-order chi connectivity index (χ0) is 21.3. The molecular formula is C22H27N5O2. The molecule has 1 atom stereocenters. The van der Waals surface area contributed by atoms with Gasteiger partial charge in [-0.05, 0) is 53.2 Å². The predicted octanol–water partition coefficient (Wildman–Crippen LogP) is 3.38. The SMILES string of the molecule is CC(=O)c1c(C)nn(CC(=O)NC(C)c2cnn(-c3ccccc3C)c2C)c1C. The third-order valence-corrected chi connectivity index (χ3v) is 5.26. The molecule has 0 fully saturated rings. The van der Waals surface area contributed by atoms with E-state index in [9.17, 15) is 9.59 Å². The van der Waals surface area contributed by atoms with Gasteiger partial charge in [0.2, 0.25) is 5.91 Å². The highest BCUT2D eigenvalue weighted by molar-refractivity contribution is 5.96. The lowest BCUT2D eigenvalue weighted by atomic mass is 10.1. The summed E-state index contributed by atoms with van der Waals surface area (Å²) in [4.78, 5) is 24.4. The second-order valence-corrected chi connectivity index (χ2v) is 7.43. The number of hydrogen-bond acceptors (Lipinski definition) is 4. The van der Waals surface area contributed by atoms with Gasteiger partial charge in [0.25, 0.3) is 0 Å². The first-order valence-corrected chi connectivity index (χ1v) is 9.65. The third kappa shape index (κ3) is 3.99. The molecule has 152 valence electrons. The Kier molecular flexibility index (Phi) is 5.68. The van der Waals surface area contributed by atoms with Crippen molar-refractivity contribution in [1.82, 2.24) is 24.9 Å². The van der Waals surface area contributed by atoms with Gasteiger partial charge in [-0.2, -0.15) is 10.2 Å². The fourth-order valence-corrected chi connectivity index (χ4v) is 3.75. The molecule has 3 rings (SSSR count). The summed E-state index contributed by atoms with van der Waals surface area (Å²) in [5.41, 5.74) is 6.03. The number of para-hydroxylation sites is 1. The predicted molar refractivity (Wildman–Crippen MR) is 111 cm³/mol. The number of carbonyl (C=O) groups excluding carboxylic acids is 2. The van der Waals surface area contributed by atoms with E-state index >= 15 is 0 Å². The van der Waals surface area contributed by atoms with Crippen molar-refractivity contribution in [2.45, 2.75) is 54.1 Å². The van der Waals surface area contributed by atoms with Crippen molar-refractivity contribution in [2.24, 2.45) is 0 Å². The first kappa shape index (κ1) is 20.5. The van der Waals surface area contributed by atoms with Crippen LogP contribution in [0.2, 0.25) is 0 Å². The summed E-state index contributed by atoms with van der Waals surface area (Å²) < 4.78 is 3.48. The van der Waals surface area contributed by atoms with Gasteiger partial charge in [0.05, 0.1) is 29.2 Å². The molecule has 2 heterocycles.